The van der Waals surface area contributed by atoms with E-state index in [2.05, 4.69) is 5.10 Å². The summed E-state index contributed by atoms with van der Waals surface area (Å²) in [5.74, 6) is 0.159. The third-order valence-corrected chi connectivity index (χ3v) is 5.95. The van der Waals surface area contributed by atoms with Gasteiger partial charge in [-0.1, -0.05) is 30.3 Å². The molecule has 0 radical (unpaired) electrons. The largest absolute Gasteiger partial charge is 0.346 e. The van der Waals surface area contributed by atoms with Gasteiger partial charge in [-0.3, -0.25) is 9.36 Å². The number of benzene rings is 1. The van der Waals surface area contributed by atoms with E-state index in [0.29, 0.717) is 30.9 Å². The monoisotopic (exact) mass is 378 g/mol. The van der Waals surface area contributed by atoms with Crippen molar-refractivity contribution in [3.8, 4) is 0 Å². The lowest BCUT2D eigenvalue weighted by Crippen LogP contribution is -2.39. The molecule has 140 valence electrons. The second kappa shape index (κ2) is 7.16. The zero-order valence-corrected chi connectivity index (χ0v) is 15.6. The summed E-state index contributed by atoms with van der Waals surface area (Å²) in [6, 6.07) is 8.74. The first-order valence-electron chi connectivity index (χ1n) is 8.44. The first-order valence-corrected chi connectivity index (χ1v) is 10.3. The number of piperidine rings is 1. The molecule has 3 rings (SSSR count). The summed E-state index contributed by atoms with van der Waals surface area (Å²) in [6.45, 7) is 0.644. The van der Waals surface area contributed by atoms with Gasteiger partial charge in [0.05, 0.1) is 6.26 Å². The minimum atomic E-state index is -3.28. The van der Waals surface area contributed by atoms with Crippen LogP contribution < -0.4 is 5.69 Å². The van der Waals surface area contributed by atoms with Gasteiger partial charge in [0.15, 0.2) is 5.78 Å². The minimum Gasteiger partial charge on any atom is -0.292 e. The third kappa shape index (κ3) is 3.78. The predicted molar refractivity (Wildman–Crippen MR) is 96.6 cm³/mol. The fraction of sp³-hybridized carbons (Fsp3) is 0.471. The van der Waals surface area contributed by atoms with Crippen LogP contribution in [0.2, 0.25) is 0 Å². The van der Waals surface area contributed by atoms with Crippen molar-refractivity contribution in [2.24, 2.45) is 7.05 Å². The summed E-state index contributed by atoms with van der Waals surface area (Å²) >= 11 is 0. The molecule has 1 saturated heterocycles. The van der Waals surface area contributed by atoms with E-state index >= 15 is 0 Å². The summed E-state index contributed by atoms with van der Waals surface area (Å²) in [5, 5.41) is 4.34. The number of nitrogens with zero attached hydrogens (tertiary/aromatic N) is 4. The standard InChI is InChI=1S/C17H22N4O4S/c1-19-16(14-9-6-10-20(11-14)26(2,24)25)18-21(17(19)23)12-15(22)13-7-4-3-5-8-13/h3-5,7-8,14H,6,9-12H2,1-2H3. The van der Waals surface area contributed by atoms with E-state index in [4.69, 9.17) is 0 Å². The van der Waals surface area contributed by atoms with Crippen LogP contribution in [0.3, 0.4) is 0 Å². The Kier molecular flexibility index (Phi) is 5.10. The molecular weight excluding hydrogens is 356 g/mol. The molecule has 26 heavy (non-hydrogen) atoms. The van der Waals surface area contributed by atoms with Gasteiger partial charge in [-0.05, 0) is 12.8 Å². The molecule has 0 aliphatic carbocycles. The molecule has 2 aromatic rings. The van der Waals surface area contributed by atoms with Crippen LogP contribution >= 0.6 is 0 Å². The van der Waals surface area contributed by atoms with Crippen molar-refractivity contribution in [2.45, 2.75) is 25.3 Å². The maximum absolute atomic E-state index is 12.5. The highest BCUT2D eigenvalue weighted by atomic mass is 32.2. The molecule has 9 heteroatoms. The van der Waals surface area contributed by atoms with Crippen molar-refractivity contribution in [3.63, 3.8) is 0 Å². The predicted octanol–water partition coefficient (Wildman–Crippen LogP) is 0.604. The molecule has 1 atom stereocenters. The quantitative estimate of drug-likeness (QED) is 0.711. The van der Waals surface area contributed by atoms with Gasteiger partial charge in [0.2, 0.25) is 10.0 Å². The third-order valence-electron chi connectivity index (χ3n) is 4.68. The lowest BCUT2D eigenvalue weighted by Gasteiger charge is -2.30. The van der Waals surface area contributed by atoms with Crippen LogP contribution in [-0.2, 0) is 23.6 Å². The van der Waals surface area contributed by atoms with E-state index in [0.717, 1.165) is 11.1 Å². The number of carbonyl (C=O) groups is 1. The Labute approximate surface area is 152 Å². The van der Waals surface area contributed by atoms with Crippen LogP contribution in [0.4, 0.5) is 0 Å². The lowest BCUT2D eigenvalue weighted by molar-refractivity contribution is 0.0966. The molecular formula is C17H22N4O4S. The van der Waals surface area contributed by atoms with E-state index < -0.39 is 10.0 Å². The highest BCUT2D eigenvalue weighted by Crippen LogP contribution is 2.26. The number of carbonyl (C=O) groups excluding carboxylic acids is 1. The van der Waals surface area contributed by atoms with Crippen molar-refractivity contribution in [2.75, 3.05) is 19.3 Å². The van der Waals surface area contributed by atoms with Crippen molar-refractivity contribution >= 4 is 15.8 Å². The van der Waals surface area contributed by atoms with Gasteiger partial charge in [-0.2, -0.15) is 5.10 Å². The Bertz CT molecular complexity index is 962. The van der Waals surface area contributed by atoms with Gasteiger partial charge >= 0.3 is 5.69 Å². The maximum atomic E-state index is 12.5. The van der Waals surface area contributed by atoms with Crippen molar-refractivity contribution in [1.82, 2.24) is 18.7 Å². The smallest absolute Gasteiger partial charge is 0.292 e. The number of rotatable bonds is 5. The molecule has 0 bridgehead atoms. The molecule has 0 spiro atoms. The molecule has 1 aromatic carbocycles. The average Bonchev–Trinajstić information content (AvgIpc) is 2.90. The Morgan fingerprint density at radius 2 is 1.96 bits per heavy atom. The lowest BCUT2D eigenvalue weighted by atomic mass is 9.99. The number of sulfonamides is 1. The molecule has 0 N–H and O–H groups in total. The van der Waals surface area contributed by atoms with Crippen molar-refractivity contribution < 1.29 is 13.2 Å². The van der Waals surface area contributed by atoms with Crippen LogP contribution in [0.1, 0.15) is 34.9 Å². The molecule has 1 fully saturated rings. The van der Waals surface area contributed by atoms with Gasteiger partial charge in [0.1, 0.15) is 12.4 Å². The number of hydrogen-bond donors (Lipinski definition) is 0. The van der Waals surface area contributed by atoms with E-state index in [9.17, 15) is 18.0 Å². The summed E-state index contributed by atoms with van der Waals surface area (Å²) < 4.78 is 27.6. The number of Topliss-reactive ketones (excluding diaryl/α,β-unsaturated/α-hetero) is 1. The zero-order chi connectivity index (χ0) is 18.9. The zero-order valence-electron chi connectivity index (χ0n) is 14.8. The molecule has 1 unspecified atom stereocenters. The van der Waals surface area contributed by atoms with Crippen LogP contribution in [0.25, 0.3) is 0 Å². The topological polar surface area (TPSA) is 94.3 Å². The normalized spacial score (nSPS) is 18.8. The number of ketones is 1. The van der Waals surface area contributed by atoms with E-state index in [1.165, 1.54) is 15.1 Å². The Hall–Kier alpha value is -2.26. The van der Waals surface area contributed by atoms with Crippen LogP contribution in [-0.4, -0.2) is 52.2 Å². The summed E-state index contributed by atoms with van der Waals surface area (Å²) in [6.07, 6.45) is 2.65. The summed E-state index contributed by atoms with van der Waals surface area (Å²) in [5.41, 5.74) is 0.147. The molecule has 1 aliphatic heterocycles. The summed E-state index contributed by atoms with van der Waals surface area (Å²) in [4.78, 5) is 24.8. The molecule has 0 amide bonds. The number of hydrogen-bond acceptors (Lipinski definition) is 5. The maximum Gasteiger partial charge on any atom is 0.346 e. The van der Waals surface area contributed by atoms with Crippen molar-refractivity contribution in [1.29, 1.82) is 0 Å². The second-order valence-corrected chi connectivity index (χ2v) is 8.59. The highest BCUT2D eigenvalue weighted by Gasteiger charge is 2.30. The highest BCUT2D eigenvalue weighted by molar-refractivity contribution is 7.88. The van der Waals surface area contributed by atoms with Crippen LogP contribution in [0, 0.1) is 0 Å². The first-order chi connectivity index (χ1) is 12.3. The average molecular weight is 378 g/mol. The Balaban J connectivity index is 1.83. The first kappa shape index (κ1) is 18.5. The van der Waals surface area contributed by atoms with Crippen LogP contribution in [0.15, 0.2) is 35.1 Å². The van der Waals surface area contributed by atoms with E-state index in [-0.39, 0.29) is 23.9 Å². The van der Waals surface area contributed by atoms with Gasteiger partial charge < -0.3 is 0 Å². The van der Waals surface area contributed by atoms with Gasteiger partial charge in [-0.25, -0.2) is 22.2 Å². The van der Waals surface area contributed by atoms with E-state index in [1.807, 2.05) is 6.07 Å². The molecule has 2 heterocycles. The van der Waals surface area contributed by atoms with E-state index in [1.54, 1.807) is 31.3 Å². The fourth-order valence-corrected chi connectivity index (χ4v) is 4.18. The molecule has 0 saturated carbocycles. The minimum absolute atomic E-state index is 0.140. The molecule has 8 nitrogen and oxygen atoms in total. The second-order valence-electron chi connectivity index (χ2n) is 6.61. The Morgan fingerprint density at radius 3 is 2.62 bits per heavy atom. The Morgan fingerprint density at radius 1 is 1.27 bits per heavy atom. The van der Waals surface area contributed by atoms with Gasteiger partial charge in [-0.15, -0.1) is 0 Å². The fourth-order valence-electron chi connectivity index (χ4n) is 3.27. The number of aromatic nitrogens is 3. The summed E-state index contributed by atoms with van der Waals surface area (Å²) in [7, 11) is -1.68. The van der Waals surface area contributed by atoms with Crippen LogP contribution in [0.5, 0.6) is 0 Å². The SMILES string of the molecule is Cn1c(C2CCCN(S(C)(=O)=O)C2)nn(CC(=O)c2ccccc2)c1=O. The van der Waals surface area contributed by atoms with Crippen molar-refractivity contribution in [3.05, 3.63) is 52.2 Å². The molecule has 1 aromatic heterocycles. The van der Waals surface area contributed by atoms with Gasteiger partial charge in [0, 0.05) is 31.6 Å². The molecule has 1 aliphatic rings. The van der Waals surface area contributed by atoms with Gasteiger partial charge in [0.25, 0.3) is 0 Å².